The van der Waals surface area contributed by atoms with E-state index in [-0.39, 0.29) is 23.6 Å². The lowest BCUT2D eigenvalue weighted by atomic mass is 9.97. The van der Waals surface area contributed by atoms with E-state index in [1.165, 1.54) is 17.9 Å². The number of anilines is 2. The number of carbonyl (C=O) groups is 1. The number of nitrogens with one attached hydrogen (secondary N) is 2. The minimum atomic E-state index is -4.60. The Bertz CT molecular complexity index is 1550. The van der Waals surface area contributed by atoms with Gasteiger partial charge < -0.3 is 15.4 Å². The van der Waals surface area contributed by atoms with Crippen molar-refractivity contribution in [3.05, 3.63) is 88.0 Å². The van der Waals surface area contributed by atoms with Crippen molar-refractivity contribution in [1.29, 1.82) is 0 Å². The highest BCUT2D eigenvalue weighted by Crippen LogP contribution is 2.44. The van der Waals surface area contributed by atoms with Crippen molar-refractivity contribution < 1.29 is 22.7 Å². The largest absolute Gasteiger partial charge is 0.497 e. The van der Waals surface area contributed by atoms with Crippen LogP contribution in [0.25, 0.3) is 5.69 Å². The summed E-state index contributed by atoms with van der Waals surface area (Å²) in [5, 5.41) is 9.60. The van der Waals surface area contributed by atoms with Gasteiger partial charge in [-0.3, -0.25) is 14.3 Å². The van der Waals surface area contributed by atoms with Crippen LogP contribution < -0.4 is 20.9 Å². The normalized spacial score (nSPS) is 17.0. The molecule has 2 atom stereocenters. The van der Waals surface area contributed by atoms with Gasteiger partial charge in [-0.05, 0) is 36.8 Å². The molecule has 2 aromatic heterocycles. The highest BCUT2D eigenvalue weighted by atomic mass is 19.4. The number of hydrogen-bond donors (Lipinski definition) is 2. The number of halogens is 3. The van der Waals surface area contributed by atoms with E-state index in [4.69, 9.17) is 4.74 Å². The molecule has 1 aliphatic rings. The number of methoxy groups -OCH3 is 1. The van der Waals surface area contributed by atoms with Gasteiger partial charge in [0.05, 0.1) is 24.5 Å². The minimum absolute atomic E-state index is 0.0157. The van der Waals surface area contributed by atoms with E-state index < -0.39 is 29.7 Å². The summed E-state index contributed by atoms with van der Waals surface area (Å²) in [7, 11) is 3.15. The molecule has 1 aliphatic heterocycles. The quantitative estimate of drug-likeness (QED) is 0.396. The maximum atomic E-state index is 14.1. The molecule has 2 N–H and O–H groups in total. The summed E-state index contributed by atoms with van der Waals surface area (Å²) in [4.78, 5) is 26.3. The third-order valence-corrected chi connectivity index (χ3v) is 6.71. The highest BCUT2D eigenvalue weighted by Gasteiger charge is 2.47. The lowest BCUT2D eigenvalue weighted by molar-refractivity contribution is -0.173. The summed E-state index contributed by atoms with van der Waals surface area (Å²) < 4.78 is 51.2. The predicted molar refractivity (Wildman–Crippen MR) is 135 cm³/mol. The summed E-state index contributed by atoms with van der Waals surface area (Å²) in [6.07, 6.45) is -4.93. The molecular formula is C26H25F3N6O3. The molecule has 12 heteroatoms. The predicted octanol–water partition coefficient (Wildman–Crippen LogP) is 4.60. The third kappa shape index (κ3) is 4.42. The molecule has 0 saturated carbocycles. The molecule has 2 aromatic carbocycles. The van der Waals surface area contributed by atoms with Crippen molar-refractivity contribution >= 4 is 17.4 Å². The van der Waals surface area contributed by atoms with Gasteiger partial charge in [0.2, 0.25) is 0 Å². The first-order valence-electron chi connectivity index (χ1n) is 11.8. The third-order valence-electron chi connectivity index (χ3n) is 6.71. The number of ether oxygens (including phenoxy) is 1. The van der Waals surface area contributed by atoms with Crippen LogP contribution in [0.2, 0.25) is 0 Å². The fourth-order valence-electron chi connectivity index (χ4n) is 4.65. The van der Waals surface area contributed by atoms with Crippen molar-refractivity contribution in [3.63, 3.8) is 0 Å². The second kappa shape index (κ2) is 9.43. The maximum absolute atomic E-state index is 14.1. The van der Waals surface area contributed by atoms with E-state index in [0.717, 1.165) is 4.68 Å². The zero-order chi connectivity index (χ0) is 27.2. The van der Waals surface area contributed by atoms with Gasteiger partial charge in [0.1, 0.15) is 17.3 Å². The smallest absolute Gasteiger partial charge is 0.410 e. The monoisotopic (exact) mass is 526 g/mol. The summed E-state index contributed by atoms with van der Waals surface area (Å²) in [6.45, 7) is 1.66. The van der Waals surface area contributed by atoms with Crippen LogP contribution >= 0.6 is 0 Å². The number of hydrogen-bond acceptors (Lipinski definition) is 5. The van der Waals surface area contributed by atoms with Crippen LogP contribution in [-0.2, 0) is 7.05 Å². The standard InChI is InChI=1S/C26H25F3N6O3/c1-15-23(25(37)35(33(15)2)17-9-5-4-6-10-17)31-24(36)20-14-22-30-19(16-8-7-11-18(12-16)38-3)13-21(26(27,28)29)34(22)32-20/h4-12,14,19,21,30H,13H2,1-3H3,(H,31,36)/t19-,21+/m1/s1. The number of alkyl halides is 3. The van der Waals surface area contributed by atoms with E-state index in [1.54, 1.807) is 67.2 Å². The Morgan fingerprint density at radius 3 is 2.55 bits per heavy atom. The Labute approximate surface area is 215 Å². The molecule has 0 unspecified atom stereocenters. The first kappa shape index (κ1) is 25.2. The molecule has 38 heavy (non-hydrogen) atoms. The van der Waals surface area contributed by atoms with Crippen LogP contribution in [0.4, 0.5) is 24.7 Å². The molecule has 0 bridgehead atoms. The summed E-state index contributed by atoms with van der Waals surface area (Å²) in [5.74, 6) is -0.229. The van der Waals surface area contributed by atoms with Gasteiger partial charge in [0.15, 0.2) is 11.7 Å². The van der Waals surface area contributed by atoms with E-state index in [2.05, 4.69) is 15.7 Å². The SMILES string of the molecule is COc1cccc([C@H]2C[C@@H](C(F)(F)F)n3nc(C(=O)Nc4c(C)n(C)n(-c5ccccc5)c4=O)cc3N2)c1. The number of fused-ring (bicyclic) bond motifs is 1. The second-order valence-electron chi connectivity index (χ2n) is 9.02. The van der Waals surface area contributed by atoms with Crippen LogP contribution in [-0.4, -0.2) is 38.3 Å². The van der Waals surface area contributed by atoms with E-state index in [1.807, 2.05) is 6.07 Å². The number of amides is 1. The Hall–Kier alpha value is -4.48. The highest BCUT2D eigenvalue weighted by molar-refractivity contribution is 6.03. The van der Waals surface area contributed by atoms with Crippen molar-refractivity contribution in [2.45, 2.75) is 31.6 Å². The molecule has 3 heterocycles. The Balaban J connectivity index is 1.47. The van der Waals surface area contributed by atoms with Crippen LogP contribution in [0.3, 0.4) is 0 Å². The average Bonchev–Trinajstić information content (AvgIpc) is 3.43. The van der Waals surface area contributed by atoms with E-state index >= 15 is 0 Å². The second-order valence-corrected chi connectivity index (χ2v) is 9.02. The lowest BCUT2D eigenvalue weighted by Crippen LogP contribution is -2.35. The first-order valence-corrected chi connectivity index (χ1v) is 11.8. The van der Waals surface area contributed by atoms with Crippen LogP contribution in [0.15, 0.2) is 65.5 Å². The van der Waals surface area contributed by atoms with Crippen molar-refractivity contribution in [2.24, 2.45) is 7.05 Å². The van der Waals surface area contributed by atoms with Gasteiger partial charge in [0.25, 0.3) is 11.5 Å². The van der Waals surface area contributed by atoms with Gasteiger partial charge in [-0.25, -0.2) is 9.36 Å². The molecule has 9 nitrogen and oxygen atoms in total. The van der Waals surface area contributed by atoms with Crippen molar-refractivity contribution in [2.75, 3.05) is 17.7 Å². The molecule has 0 spiro atoms. The molecule has 0 aliphatic carbocycles. The molecular weight excluding hydrogens is 501 g/mol. The average molecular weight is 527 g/mol. The zero-order valence-corrected chi connectivity index (χ0v) is 20.8. The lowest BCUT2D eigenvalue weighted by Gasteiger charge is -2.33. The first-order chi connectivity index (χ1) is 18.1. The topological polar surface area (TPSA) is 95.1 Å². The van der Waals surface area contributed by atoms with Gasteiger partial charge in [-0.2, -0.15) is 18.3 Å². The van der Waals surface area contributed by atoms with Gasteiger partial charge >= 0.3 is 6.18 Å². The van der Waals surface area contributed by atoms with Gasteiger partial charge in [-0.15, -0.1) is 0 Å². The zero-order valence-electron chi connectivity index (χ0n) is 20.8. The minimum Gasteiger partial charge on any atom is -0.497 e. The number of aromatic nitrogens is 4. The van der Waals surface area contributed by atoms with E-state index in [9.17, 15) is 22.8 Å². The fraction of sp³-hybridized carbons (Fsp3) is 0.269. The van der Waals surface area contributed by atoms with Gasteiger partial charge in [0, 0.05) is 19.5 Å². The molecule has 198 valence electrons. The van der Waals surface area contributed by atoms with Crippen LogP contribution in [0, 0.1) is 6.92 Å². The summed E-state index contributed by atoms with van der Waals surface area (Å²) in [5.41, 5.74) is 0.975. The van der Waals surface area contributed by atoms with Crippen molar-refractivity contribution in [3.8, 4) is 11.4 Å². The number of nitrogens with zero attached hydrogens (tertiary/aromatic N) is 4. The molecule has 5 rings (SSSR count). The Morgan fingerprint density at radius 1 is 1.13 bits per heavy atom. The molecule has 4 aromatic rings. The Kier molecular flexibility index (Phi) is 6.25. The van der Waals surface area contributed by atoms with Gasteiger partial charge in [-0.1, -0.05) is 30.3 Å². The number of carbonyl (C=O) groups excluding carboxylic acids is 1. The summed E-state index contributed by atoms with van der Waals surface area (Å²) in [6, 6.07) is 14.3. The fourth-order valence-corrected chi connectivity index (χ4v) is 4.65. The molecule has 1 amide bonds. The van der Waals surface area contributed by atoms with Crippen LogP contribution in [0.5, 0.6) is 5.75 Å². The molecule has 0 radical (unpaired) electrons. The molecule has 0 fully saturated rings. The number of para-hydroxylation sites is 1. The number of benzene rings is 2. The Morgan fingerprint density at radius 2 is 1.87 bits per heavy atom. The summed E-state index contributed by atoms with van der Waals surface area (Å²) >= 11 is 0. The number of rotatable bonds is 5. The maximum Gasteiger partial charge on any atom is 0.410 e. The molecule has 0 saturated heterocycles. The van der Waals surface area contributed by atoms with E-state index in [0.29, 0.717) is 22.7 Å². The van der Waals surface area contributed by atoms with Crippen LogP contribution in [0.1, 0.15) is 40.3 Å². The van der Waals surface area contributed by atoms with Crippen molar-refractivity contribution in [1.82, 2.24) is 19.1 Å².